The molecular weight excluding hydrogens is 515 g/mol. The molecule has 9 heteroatoms. The number of ether oxygens (including phenoxy) is 3. The first-order chi connectivity index (χ1) is 16.3. The molecule has 0 aliphatic heterocycles. The third kappa shape index (κ3) is 12.1. The van der Waals surface area contributed by atoms with Crippen LogP contribution in [-0.2, 0) is 4.79 Å². The Hall–Kier alpha value is -1.73. The van der Waals surface area contributed by atoms with E-state index in [4.69, 9.17) is 47.4 Å². The smallest absolute Gasteiger partial charge is 0.343 e. The second kappa shape index (κ2) is 15.3. The first kappa shape index (κ1) is 28.5. The summed E-state index contributed by atoms with van der Waals surface area (Å²) in [6, 6.07) is 11.3. The van der Waals surface area contributed by atoms with E-state index in [2.05, 4.69) is 0 Å². The zero-order chi connectivity index (χ0) is 24.8. The van der Waals surface area contributed by atoms with Crippen LogP contribution in [0.4, 0.5) is 0 Å². The summed E-state index contributed by atoms with van der Waals surface area (Å²) < 4.78 is 15.8. The Morgan fingerprint density at radius 3 is 1.68 bits per heavy atom. The van der Waals surface area contributed by atoms with E-state index >= 15 is 0 Å². The summed E-state index contributed by atoms with van der Waals surface area (Å²) in [5, 5.41) is 0. The van der Waals surface area contributed by atoms with Gasteiger partial charge >= 0.3 is 17.9 Å². The van der Waals surface area contributed by atoms with Gasteiger partial charge in [-0.1, -0.05) is 44.9 Å². The van der Waals surface area contributed by atoms with Gasteiger partial charge in [0.1, 0.15) is 17.2 Å². The average Bonchev–Trinajstić information content (AvgIpc) is 2.81. The normalized spacial score (nSPS) is 11.2. The van der Waals surface area contributed by atoms with Gasteiger partial charge in [0.2, 0.25) is 0 Å². The van der Waals surface area contributed by atoms with E-state index in [1.807, 2.05) is 0 Å². The van der Waals surface area contributed by atoms with Crippen molar-refractivity contribution in [3.05, 3.63) is 54.1 Å². The molecule has 0 saturated heterocycles. The van der Waals surface area contributed by atoms with Crippen LogP contribution in [0, 0.1) is 0 Å². The molecule has 5 nitrogen and oxygen atoms in total. The van der Waals surface area contributed by atoms with E-state index in [0.717, 1.165) is 51.0 Å². The fraction of sp³-hybridized carbons (Fsp3) is 0.440. The number of methoxy groups -OCH3 is 1. The van der Waals surface area contributed by atoms with Crippen LogP contribution < -0.4 is 14.2 Å². The highest BCUT2D eigenvalue weighted by molar-refractivity contribution is 7.64. The number of carbonyl (C=O) groups is 2. The number of unbranched alkanes of at least 4 members (excludes halogenated alkanes) is 7. The summed E-state index contributed by atoms with van der Waals surface area (Å²) in [5.41, 5.74) is 0.415. The topological polar surface area (TPSA) is 61.8 Å². The lowest BCUT2D eigenvalue weighted by atomic mass is 10.1. The third-order valence-electron chi connectivity index (χ3n) is 5.18. The highest BCUT2D eigenvalue weighted by atomic mass is 35.8. The second-order valence-electron chi connectivity index (χ2n) is 8.01. The first-order valence-corrected chi connectivity index (χ1v) is 16.7. The fourth-order valence-corrected chi connectivity index (χ4v) is 5.16. The molecule has 0 aliphatic rings. The van der Waals surface area contributed by atoms with Crippen LogP contribution in [0.5, 0.6) is 17.2 Å². The molecule has 2 aromatic rings. The summed E-state index contributed by atoms with van der Waals surface area (Å²) in [5.74, 6) is 0.715. The summed E-state index contributed by atoms with van der Waals surface area (Å²) in [6.45, 7) is 0. The van der Waals surface area contributed by atoms with Crippen molar-refractivity contribution in [1.29, 1.82) is 0 Å². The lowest BCUT2D eigenvalue weighted by Gasteiger charge is -2.08. The molecule has 0 fully saturated rings. The minimum absolute atomic E-state index is 0.265. The van der Waals surface area contributed by atoms with Crippen molar-refractivity contribution < 1.29 is 23.8 Å². The quantitative estimate of drug-likeness (QED) is 0.0746. The van der Waals surface area contributed by atoms with Crippen molar-refractivity contribution in [2.24, 2.45) is 0 Å². The van der Waals surface area contributed by atoms with Gasteiger partial charge in [-0.2, -0.15) is 0 Å². The Morgan fingerprint density at radius 2 is 1.15 bits per heavy atom. The number of benzene rings is 2. The molecule has 2 rings (SSSR count). The van der Waals surface area contributed by atoms with Gasteiger partial charge in [0, 0.05) is 6.42 Å². The first-order valence-electron chi connectivity index (χ1n) is 11.5. The molecule has 0 N–H and O–H groups in total. The predicted octanol–water partition coefficient (Wildman–Crippen LogP) is 7.99. The fourth-order valence-electron chi connectivity index (χ4n) is 3.31. The standard InChI is InChI=1S/C25H31Cl3O5Si/c1-31-21-13-11-20(12-14-21)25(30)33-23-17-15-22(16-18-23)32-24(29)10-8-6-4-2-3-5-7-9-19-34(26,27)28/h11-18H,2-10,19H2,1H3. The van der Waals surface area contributed by atoms with E-state index in [1.165, 1.54) is 6.42 Å². The third-order valence-corrected chi connectivity index (χ3v) is 7.80. The predicted molar refractivity (Wildman–Crippen MR) is 140 cm³/mol. The molecule has 0 atom stereocenters. The van der Waals surface area contributed by atoms with Gasteiger partial charge in [0.05, 0.1) is 12.7 Å². The SMILES string of the molecule is COc1ccc(C(=O)Oc2ccc(OC(=O)CCCCCCCCCC[Si](Cl)(Cl)Cl)cc2)cc1. The maximum Gasteiger partial charge on any atom is 0.343 e. The van der Waals surface area contributed by atoms with Crippen LogP contribution >= 0.6 is 33.2 Å². The van der Waals surface area contributed by atoms with E-state index in [9.17, 15) is 9.59 Å². The van der Waals surface area contributed by atoms with Gasteiger partial charge in [-0.3, -0.25) is 4.79 Å². The summed E-state index contributed by atoms with van der Waals surface area (Å²) in [4.78, 5) is 24.3. The van der Waals surface area contributed by atoms with Crippen LogP contribution in [0.2, 0.25) is 6.04 Å². The minimum Gasteiger partial charge on any atom is -0.497 e. The maximum atomic E-state index is 12.2. The van der Waals surface area contributed by atoms with Crippen molar-refractivity contribution in [3.63, 3.8) is 0 Å². The van der Waals surface area contributed by atoms with Crippen LogP contribution in [0.25, 0.3) is 0 Å². The highest BCUT2D eigenvalue weighted by Gasteiger charge is 2.23. The van der Waals surface area contributed by atoms with E-state index in [1.54, 1.807) is 55.6 Å². The molecule has 2 aromatic carbocycles. The number of halogens is 3. The van der Waals surface area contributed by atoms with Crippen molar-refractivity contribution >= 4 is 51.2 Å². The van der Waals surface area contributed by atoms with Gasteiger partial charge in [0.25, 0.3) is 0 Å². The Labute approximate surface area is 216 Å². The van der Waals surface area contributed by atoms with Gasteiger partial charge in [-0.05, 0) is 61.0 Å². The summed E-state index contributed by atoms with van der Waals surface area (Å²) >= 11 is 17.6. The molecule has 0 aliphatic carbocycles. The van der Waals surface area contributed by atoms with E-state index in [0.29, 0.717) is 29.2 Å². The molecule has 186 valence electrons. The van der Waals surface area contributed by atoms with E-state index < -0.39 is 12.0 Å². The Morgan fingerprint density at radius 1 is 0.676 bits per heavy atom. The number of hydrogen-bond acceptors (Lipinski definition) is 5. The zero-order valence-corrected chi connectivity index (χ0v) is 22.6. The zero-order valence-electron chi connectivity index (χ0n) is 19.4. The lowest BCUT2D eigenvalue weighted by molar-refractivity contribution is -0.134. The Kier molecular flexibility index (Phi) is 12.8. The molecule has 0 amide bonds. The summed E-state index contributed by atoms with van der Waals surface area (Å²) in [6.07, 6.45) is 8.84. The lowest BCUT2D eigenvalue weighted by Crippen LogP contribution is -2.09. The van der Waals surface area contributed by atoms with Crippen molar-refractivity contribution in [1.82, 2.24) is 0 Å². The largest absolute Gasteiger partial charge is 0.497 e. The van der Waals surface area contributed by atoms with E-state index in [-0.39, 0.29) is 5.97 Å². The molecular formula is C25H31Cl3O5Si. The van der Waals surface area contributed by atoms with Crippen molar-refractivity contribution in [3.8, 4) is 17.2 Å². The molecule has 0 heterocycles. The molecule has 0 aromatic heterocycles. The molecule has 0 bridgehead atoms. The minimum atomic E-state index is -2.46. The number of rotatable bonds is 15. The maximum absolute atomic E-state index is 12.2. The number of esters is 2. The Bertz CT molecular complexity index is 883. The van der Waals surface area contributed by atoms with Crippen LogP contribution in [0.1, 0.15) is 68.1 Å². The van der Waals surface area contributed by atoms with Crippen molar-refractivity contribution in [2.45, 2.75) is 63.8 Å². The Balaban J connectivity index is 1.57. The molecule has 0 radical (unpaired) electrons. The van der Waals surface area contributed by atoms with Crippen LogP contribution in [-0.4, -0.2) is 25.1 Å². The van der Waals surface area contributed by atoms with Gasteiger partial charge in [-0.15, -0.1) is 33.2 Å². The molecule has 0 unspecified atom stereocenters. The highest BCUT2D eigenvalue weighted by Crippen LogP contribution is 2.27. The van der Waals surface area contributed by atoms with Crippen molar-refractivity contribution in [2.75, 3.05) is 7.11 Å². The molecule has 34 heavy (non-hydrogen) atoms. The second-order valence-corrected chi connectivity index (χ2v) is 17.3. The van der Waals surface area contributed by atoms with Crippen LogP contribution in [0.3, 0.4) is 0 Å². The average molecular weight is 546 g/mol. The van der Waals surface area contributed by atoms with Crippen LogP contribution in [0.15, 0.2) is 48.5 Å². The summed E-state index contributed by atoms with van der Waals surface area (Å²) in [7, 11) is 1.56. The monoisotopic (exact) mass is 544 g/mol. The molecule has 0 spiro atoms. The van der Waals surface area contributed by atoms with Gasteiger partial charge in [-0.25, -0.2) is 4.79 Å². The molecule has 0 saturated carbocycles. The van der Waals surface area contributed by atoms with Gasteiger partial charge < -0.3 is 14.2 Å². The number of carbonyl (C=O) groups excluding carboxylic acids is 2. The number of hydrogen-bond donors (Lipinski definition) is 0. The van der Waals surface area contributed by atoms with Gasteiger partial charge in [0.15, 0.2) is 0 Å².